The monoisotopic (exact) mass is 290 g/mol. The first-order valence-corrected chi connectivity index (χ1v) is 5.15. The summed E-state index contributed by atoms with van der Waals surface area (Å²) in [5.74, 6) is -3.46. The molecule has 84 valence electrons. The van der Waals surface area contributed by atoms with E-state index in [-0.39, 0.29) is 10.8 Å². The van der Waals surface area contributed by atoms with E-state index in [9.17, 15) is 13.2 Å². The minimum absolute atomic E-state index is 0.00609. The zero-order valence-electron chi connectivity index (χ0n) is 8.15. The van der Waals surface area contributed by atoms with Crippen LogP contribution < -0.4 is 4.74 Å². The van der Waals surface area contributed by atoms with E-state index >= 15 is 0 Å². The van der Waals surface area contributed by atoms with Gasteiger partial charge in [0.05, 0.1) is 11.6 Å². The Bertz CT molecular complexity index is 569. The Morgan fingerprint density at radius 3 is 2.38 bits per heavy atom. The maximum Gasteiger partial charge on any atom is 0.195 e. The molecular weight excluding hydrogens is 285 g/mol. The lowest BCUT2D eigenvalue weighted by molar-refractivity contribution is 0.412. The molecule has 0 spiro atoms. The van der Waals surface area contributed by atoms with Crippen molar-refractivity contribution in [2.45, 2.75) is 0 Å². The van der Waals surface area contributed by atoms with Crippen LogP contribution >= 0.6 is 15.9 Å². The van der Waals surface area contributed by atoms with Crippen LogP contribution in [0, 0.1) is 17.5 Å². The molecule has 0 radical (unpaired) electrons. The maximum atomic E-state index is 13.4. The number of hydrogen-bond donors (Lipinski definition) is 0. The molecular formula is C11H6BrF3O. The summed E-state index contributed by atoms with van der Waals surface area (Å²) < 4.78 is 44.8. The van der Waals surface area contributed by atoms with Crippen molar-refractivity contribution < 1.29 is 17.9 Å². The predicted molar refractivity (Wildman–Crippen MR) is 58.1 cm³/mol. The number of rotatable bonds is 1. The van der Waals surface area contributed by atoms with Crippen LogP contribution in [0.25, 0.3) is 10.8 Å². The molecule has 0 unspecified atom stereocenters. The van der Waals surface area contributed by atoms with Crippen molar-refractivity contribution >= 4 is 26.7 Å². The van der Waals surface area contributed by atoms with Crippen LogP contribution in [-0.2, 0) is 0 Å². The highest BCUT2D eigenvalue weighted by Crippen LogP contribution is 2.35. The molecule has 0 N–H and O–H groups in total. The number of fused-ring (bicyclic) bond motifs is 1. The van der Waals surface area contributed by atoms with E-state index in [0.29, 0.717) is 10.2 Å². The Balaban J connectivity index is 2.90. The third kappa shape index (κ3) is 1.55. The van der Waals surface area contributed by atoms with E-state index in [1.54, 1.807) is 0 Å². The average molecular weight is 291 g/mol. The molecule has 0 atom stereocenters. The number of methoxy groups -OCH3 is 1. The Hall–Kier alpha value is -1.23. The van der Waals surface area contributed by atoms with Crippen LogP contribution in [0.5, 0.6) is 5.75 Å². The van der Waals surface area contributed by atoms with Crippen LogP contribution in [0.1, 0.15) is 0 Å². The van der Waals surface area contributed by atoms with Crippen molar-refractivity contribution in [1.82, 2.24) is 0 Å². The lowest BCUT2D eigenvalue weighted by atomic mass is 10.1. The van der Waals surface area contributed by atoms with Gasteiger partial charge in [-0.3, -0.25) is 0 Å². The highest BCUT2D eigenvalue weighted by Gasteiger charge is 2.16. The second-order valence-electron chi connectivity index (χ2n) is 3.16. The first-order valence-electron chi connectivity index (χ1n) is 4.36. The number of hydrogen-bond acceptors (Lipinski definition) is 1. The topological polar surface area (TPSA) is 9.23 Å². The van der Waals surface area contributed by atoms with Gasteiger partial charge in [-0.15, -0.1) is 0 Å². The van der Waals surface area contributed by atoms with Gasteiger partial charge in [0.25, 0.3) is 0 Å². The molecule has 2 aromatic carbocycles. The van der Waals surface area contributed by atoms with Gasteiger partial charge in [-0.2, -0.15) is 0 Å². The minimum Gasteiger partial charge on any atom is -0.496 e. The molecule has 16 heavy (non-hydrogen) atoms. The summed E-state index contributed by atoms with van der Waals surface area (Å²) in [5.41, 5.74) is 0. The molecule has 0 aromatic heterocycles. The second kappa shape index (κ2) is 3.97. The van der Waals surface area contributed by atoms with E-state index in [0.717, 1.165) is 6.07 Å². The summed E-state index contributed by atoms with van der Waals surface area (Å²) >= 11 is 3.15. The summed E-state index contributed by atoms with van der Waals surface area (Å²) in [7, 11) is 1.43. The van der Waals surface area contributed by atoms with E-state index in [4.69, 9.17) is 4.74 Å². The molecule has 0 saturated carbocycles. The normalized spacial score (nSPS) is 10.8. The Morgan fingerprint density at radius 1 is 1.06 bits per heavy atom. The van der Waals surface area contributed by atoms with E-state index in [1.165, 1.54) is 19.2 Å². The van der Waals surface area contributed by atoms with Crippen LogP contribution in [0.4, 0.5) is 13.2 Å². The van der Waals surface area contributed by atoms with Crippen LogP contribution in [0.15, 0.2) is 22.7 Å². The number of ether oxygens (including phenoxy) is 1. The summed E-state index contributed by atoms with van der Waals surface area (Å²) in [6.45, 7) is 0. The van der Waals surface area contributed by atoms with Gasteiger partial charge in [0, 0.05) is 10.8 Å². The molecule has 0 amide bonds. The third-order valence-corrected chi connectivity index (χ3v) is 3.09. The van der Waals surface area contributed by atoms with Crippen molar-refractivity contribution in [2.75, 3.05) is 7.11 Å². The molecule has 0 bridgehead atoms. The Kier molecular flexibility index (Phi) is 2.80. The van der Waals surface area contributed by atoms with Gasteiger partial charge in [-0.1, -0.05) is 0 Å². The third-order valence-electron chi connectivity index (χ3n) is 2.27. The van der Waals surface area contributed by atoms with E-state index in [1.807, 2.05) is 0 Å². The van der Waals surface area contributed by atoms with Gasteiger partial charge in [-0.05, 0) is 34.1 Å². The fraction of sp³-hybridized carbons (Fsp3) is 0.0909. The predicted octanol–water partition coefficient (Wildman–Crippen LogP) is 4.03. The largest absolute Gasteiger partial charge is 0.496 e. The maximum absolute atomic E-state index is 13.4. The van der Waals surface area contributed by atoms with E-state index < -0.39 is 17.5 Å². The minimum atomic E-state index is -1.47. The SMILES string of the molecule is COc1ccc2c(F)c(F)c(F)cc2c1Br. The number of benzene rings is 2. The average Bonchev–Trinajstić information content (AvgIpc) is 2.28. The standard InChI is InChI=1S/C11H6BrF3O/c1-16-8-3-2-5-6(9(8)12)4-7(13)11(15)10(5)14/h2-4H,1H3. The van der Waals surface area contributed by atoms with Crippen LogP contribution in [0.2, 0.25) is 0 Å². The second-order valence-corrected chi connectivity index (χ2v) is 3.96. The molecule has 0 aliphatic carbocycles. The summed E-state index contributed by atoms with van der Waals surface area (Å²) in [6, 6.07) is 3.75. The van der Waals surface area contributed by atoms with Crippen molar-refractivity contribution in [3.8, 4) is 5.75 Å². The molecule has 0 saturated heterocycles. The highest BCUT2D eigenvalue weighted by molar-refractivity contribution is 9.10. The molecule has 0 heterocycles. The van der Waals surface area contributed by atoms with Gasteiger partial charge in [0.2, 0.25) is 0 Å². The molecule has 2 aromatic rings. The first kappa shape index (κ1) is 11.3. The van der Waals surface area contributed by atoms with Crippen molar-refractivity contribution in [3.63, 3.8) is 0 Å². The van der Waals surface area contributed by atoms with Gasteiger partial charge in [-0.25, -0.2) is 13.2 Å². The summed E-state index contributed by atoms with van der Waals surface area (Å²) in [4.78, 5) is 0. The van der Waals surface area contributed by atoms with Crippen LogP contribution in [0.3, 0.4) is 0 Å². The number of halogens is 4. The first-order chi connectivity index (χ1) is 7.56. The Labute approximate surface area is 98.0 Å². The summed E-state index contributed by atoms with van der Waals surface area (Å²) in [5, 5.41) is 0.238. The Morgan fingerprint density at radius 2 is 1.75 bits per heavy atom. The lowest BCUT2D eigenvalue weighted by Crippen LogP contribution is -1.94. The van der Waals surface area contributed by atoms with Gasteiger partial charge in [0.1, 0.15) is 5.75 Å². The fourth-order valence-electron chi connectivity index (χ4n) is 1.48. The van der Waals surface area contributed by atoms with Crippen molar-refractivity contribution in [3.05, 3.63) is 40.1 Å². The van der Waals surface area contributed by atoms with Gasteiger partial charge < -0.3 is 4.74 Å². The zero-order chi connectivity index (χ0) is 11.9. The van der Waals surface area contributed by atoms with Crippen molar-refractivity contribution in [2.24, 2.45) is 0 Å². The quantitative estimate of drug-likeness (QED) is 0.721. The molecule has 0 fully saturated rings. The molecule has 5 heteroatoms. The molecule has 1 nitrogen and oxygen atoms in total. The molecule has 2 rings (SSSR count). The highest BCUT2D eigenvalue weighted by atomic mass is 79.9. The van der Waals surface area contributed by atoms with Gasteiger partial charge in [0.15, 0.2) is 17.5 Å². The zero-order valence-corrected chi connectivity index (χ0v) is 9.74. The molecule has 0 aliphatic heterocycles. The van der Waals surface area contributed by atoms with E-state index in [2.05, 4.69) is 15.9 Å². The smallest absolute Gasteiger partial charge is 0.195 e. The van der Waals surface area contributed by atoms with Crippen LogP contribution in [-0.4, -0.2) is 7.11 Å². The lowest BCUT2D eigenvalue weighted by Gasteiger charge is -2.08. The fourth-order valence-corrected chi connectivity index (χ4v) is 2.10. The van der Waals surface area contributed by atoms with Gasteiger partial charge >= 0.3 is 0 Å². The van der Waals surface area contributed by atoms with Crippen molar-refractivity contribution in [1.29, 1.82) is 0 Å². The summed E-state index contributed by atoms with van der Waals surface area (Å²) in [6.07, 6.45) is 0. The molecule has 0 aliphatic rings.